The first-order valence-electron chi connectivity index (χ1n) is 8.41. The zero-order valence-corrected chi connectivity index (χ0v) is 15.1. The number of nitrogens with one attached hydrogen (secondary N) is 1. The number of nitrogens with zero attached hydrogens (tertiary/aromatic N) is 1. The van der Waals surface area contributed by atoms with Crippen LogP contribution in [0.15, 0.2) is 47.6 Å². The average molecular weight is 357 g/mol. The molecule has 3 rings (SSSR count). The van der Waals surface area contributed by atoms with Crippen molar-refractivity contribution in [2.75, 3.05) is 0 Å². The predicted octanol–water partition coefficient (Wildman–Crippen LogP) is 4.14. The Balaban J connectivity index is 1.61. The molecule has 2 aromatic rings. The third kappa shape index (κ3) is 4.40. The monoisotopic (exact) mass is 356 g/mol. The first-order valence-corrected chi connectivity index (χ1v) is 8.79. The smallest absolute Gasteiger partial charge is 0.280 e. The van der Waals surface area contributed by atoms with Gasteiger partial charge in [-0.15, -0.1) is 0 Å². The molecule has 2 aromatic carbocycles. The van der Waals surface area contributed by atoms with Gasteiger partial charge in [0.15, 0.2) is 6.10 Å². The van der Waals surface area contributed by atoms with Gasteiger partial charge in [-0.3, -0.25) is 4.79 Å². The van der Waals surface area contributed by atoms with Crippen LogP contribution in [-0.4, -0.2) is 17.7 Å². The number of rotatable bonds is 5. The van der Waals surface area contributed by atoms with Gasteiger partial charge < -0.3 is 4.74 Å². The minimum Gasteiger partial charge on any atom is -0.481 e. The summed E-state index contributed by atoms with van der Waals surface area (Å²) in [5.41, 5.74) is 7.19. The van der Waals surface area contributed by atoms with Crippen LogP contribution in [0.3, 0.4) is 0 Å². The topological polar surface area (TPSA) is 50.7 Å². The molecule has 0 fully saturated rings. The van der Waals surface area contributed by atoms with Crippen LogP contribution in [0, 0.1) is 0 Å². The number of hydrazone groups is 1. The Morgan fingerprint density at radius 1 is 1.20 bits per heavy atom. The van der Waals surface area contributed by atoms with Gasteiger partial charge in [-0.05, 0) is 74.1 Å². The van der Waals surface area contributed by atoms with E-state index >= 15 is 0 Å². The van der Waals surface area contributed by atoms with Gasteiger partial charge in [0.2, 0.25) is 0 Å². The Hall–Kier alpha value is -2.33. The maximum atomic E-state index is 12.2. The Kier molecular flexibility index (Phi) is 5.39. The molecule has 0 saturated heterocycles. The number of hydrogen-bond acceptors (Lipinski definition) is 3. The summed E-state index contributed by atoms with van der Waals surface area (Å²) >= 11 is 5.92. The van der Waals surface area contributed by atoms with Gasteiger partial charge in [-0.25, -0.2) is 5.43 Å². The van der Waals surface area contributed by atoms with Crippen molar-refractivity contribution in [3.63, 3.8) is 0 Å². The van der Waals surface area contributed by atoms with E-state index in [-0.39, 0.29) is 5.91 Å². The van der Waals surface area contributed by atoms with Gasteiger partial charge in [0.1, 0.15) is 5.75 Å². The number of carbonyl (C=O) groups is 1. The zero-order chi connectivity index (χ0) is 17.8. The van der Waals surface area contributed by atoms with Gasteiger partial charge in [-0.1, -0.05) is 29.8 Å². The molecule has 4 nitrogen and oxygen atoms in total. The predicted molar refractivity (Wildman–Crippen MR) is 100 cm³/mol. The van der Waals surface area contributed by atoms with E-state index in [9.17, 15) is 4.79 Å². The molecule has 0 bridgehead atoms. The highest BCUT2D eigenvalue weighted by molar-refractivity contribution is 6.30. The van der Waals surface area contributed by atoms with Gasteiger partial charge in [-0.2, -0.15) is 5.10 Å². The molecule has 1 atom stereocenters. The number of halogens is 1. The highest BCUT2D eigenvalue weighted by Crippen LogP contribution is 2.23. The van der Waals surface area contributed by atoms with E-state index in [1.807, 2.05) is 6.92 Å². The molecule has 0 aliphatic heterocycles. The summed E-state index contributed by atoms with van der Waals surface area (Å²) in [6, 6.07) is 13.3. The number of carbonyl (C=O) groups excluding carboxylic acids is 1. The minimum absolute atomic E-state index is 0.305. The van der Waals surface area contributed by atoms with E-state index in [1.165, 1.54) is 17.5 Å². The Morgan fingerprint density at radius 2 is 2.00 bits per heavy atom. The molecule has 5 heteroatoms. The molecule has 25 heavy (non-hydrogen) atoms. The summed E-state index contributed by atoms with van der Waals surface area (Å²) < 4.78 is 5.59. The summed E-state index contributed by atoms with van der Waals surface area (Å²) in [6.45, 7) is 3.57. The fourth-order valence-electron chi connectivity index (χ4n) is 2.89. The van der Waals surface area contributed by atoms with Crippen LogP contribution in [0.5, 0.6) is 5.75 Å². The lowest BCUT2D eigenvalue weighted by molar-refractivity contribution is -0.127. The molecule has 1 aliphatic carbocycles. The zero-order valence-electron chi connectivity index (χ0n) is 14.4. The molecular formula is C20H21ClN2O2. The molecule has 130 valence electrons. The van der Waals surface area contributed by atoms with Crippen LogP contribution in [0.25, 0.3) is 0 Å². The second kappa shape index (κ2) is 7.70. The fraction of sp³-hybridized carbons (Fsp3) is 0.300. The molecule has 1 N–H and O–H groups in total. The molecule has 0 heterocycles. The van der Waals surface area contributed by atoms with E-state index in [0.29, 0.717) is 10.8 Å². The van der Waals surface area contributed by atoms with Crippen molar-refractivity contribution in [2.45, 2.75) is 39.2 Å². The maximum absolute atomic E-state index is 12.2. The van der Waals surface area contributed by atoms with Crippen LogP contribution in [0.1, 0.15) is 37.0 Å². The Labute approximate surface area is 152 Å². The largest absolute Gasteiger partial charge is 0.481 e. The molecule has 0 unspecified atom stereocenters. The highest BCUT2D eigenvalue weighted by Gasteiger charge is 2.15. The Bertz CT molecular complexity index is 817. The van der Waals surface area contributed by atoms with Crippen LogP contribution in [0.2, 0.25) is 5.02 Å². The summed E-state index contributed by atoms with van der Waals surface area (Å²) in [5.74, 6) is 0.245. The molecule has 0 radical (unpaired) electrons. The van der Waals surface area contributed by atoms with Crippen molar-refractivity contribution in [2.24, 2.45) is 5.10 Å². The summed E-state index contributed by atoms with van der Waals surface area (Å²) in [6.07, 6.45) is 2.81. The number of fused-ring (bicyclic) bond motifs is 1. The van der Waals surface area contributed by atoms with E-state index in [2.05, 4.69) is 28.7 Å². The van der Waals surface area contributed by atoms with Crippen molar-refractivity contribution in [1.29, 1.82) is 0 Å². The molecule has 0 aromatic heterocycles. The van der Waals surface area contributed by atoms with Gasteiger partial charge >= 0.3 is 0 Å². The van der Waals surface area contributed by atoms with Gasteiger partial charge in [0, 0.05) is 5.02 Å². The van der Waals surface area contributed by atoms with E-state index in [0.717, 1.165) is 24.1 Å². The molecule has 1 amide bonds. The SMILES string of the molecule is C/C(=N\NC(=O)[C@H](C)Oc1cccc(Cl)c1)c1ccc2c(c1)CCC2. The second-order valence-electron chi connectivity index (χ2n) is 6.23. The lowest BCUT2D eigenvalue weighted by atomic mass is 10.0. The highest BCUT2D eigenvalue weighted by atomic mass is 35.5. The van der Waals surface area contributed by atoms with Crippen LogP contribution in [0.4, 0.5) is 0 Å². The summed E-state index contributed by atoms with van der Waals surface area (Å²) in [5, 5.41) is 4.78. The maximum Gasteiger partial charge on any atom is 0.280 e. The number of hydrogen-bond donors (Lipinski definition) is 1. The van der Waals surface area contributed by atoms with Crippen molar-refractivity contribution < 1.29 is 9.53 Å². The summed E-state index contributed by atoms with van der Waals surface area (Å²) in [7, 11) is 0. The van der Waals surface area contributed by atoms with Gasteiger partial charge in [0.05, 0.1) is 5.71 Å². The second-order valence-corrected chi connectivity index (χ2v) is 6.66. The Morgan fingerprint density at radius 3 is 2.80 bits per heavy atom. The molecular weight excluding hydrogens is 336 g/mol. The molecule has 0 saturated carbocycles. The van der Waals surface area contributed by atoms with Crippen LogP contribution in [-0.2, 0) is 17.6 Å². The van der Waals surface area contributed by atoms with Crippen LogP contribution < -0.4 is 10.2 Å². The minimum atomic E-state index is -0.671. The molecule has 0 spiro atoms. The third-order valence-electron chi connectivity index (χ3n) is 4.33. The van der Waals surface area contributed by atoms with Crippen molar-refractivity contribution in [3.05, 3.63) is 64.2 Å². The van der Waals surface area contributed by atoms with E-state index < -0.39 is 6.10 Å². The van der Waals surface area contributed by atoms with Gasteiger partial charge in [0.25, 0.3) is 5.91 Å². The van der Waals surface area contributed by atoms with Crippen molar-refractivity contribution >= 4 is 23.2 Å². The van der Waals surface area contributed by atoms with Crippen molar-refractivity contribution in [3.8, 4) is 5.75 Å². The van der Waals surface area contributed by atoms with E-state index in [4.69, 9.17) is 16.3 Å². The normalized spacial score (nSPS) is 14.8. The lowest BCUT2D eigenvalue weighted by Gasteiger charge is -2.13. The standard InChI is InChI=1S/C20H21ClN2O2/c1-13(16-10-9-15-5-3-6-17(15)11-16)22-23-20(24)14(2)25-19-8-4-7-18(21)12-19/h4,7-12,14H,3,5-6H2,1-2H3,(H,23,24)/b22-13+/t14-/m0/s1. The van der Waals surface area contributed by atoms with Crippen molar-refractivity contribution in [1.82, 2.24) is 5.43 Å². The number of aryl methyl sites for hydroxylation is 2. The number of amides is 1. The number of benzene rings is 2. The lowest BCUT2D eigenvalue weighted by Crippen LogP contribution is -2.33. The average Bonchev–Trinajstić information content (AvgIpc) is 3.07. The fourth-order valence-corrected chi connectivity index (χ4v) is 3.07. The quantitative estimate of drug-likeness (QED) is 0.646. The van der Waals surface area contributed by atoms with E-state index in [1.54, 1.807) is 31.2 Å². The summed E-state index contributed by atoms with van der Waals surface area (Å²) in [4.78, 5) is 12.2. The first-order chi connectivity index (χ1) is 12.0. The third-order valence-corrected chi connectivity index (χ3v) is 4.56. The first kappa shape index (κ1) is 17.5. The van der Waals surface area contributed by atoms with Crippen LogP contribution >= 0.6 is 11.6 Å². The molecule has 1 aliphatic rings. The number of ether oxygens (including phenoxy) is 1.